The summed E-state index contributed by atoms with van der Waals surface area (Å²) < 4.78 is 10.8. The van der Waals surface area contributed by atoms with Crippen molar-refractivity contribution < 1.29 is 14.3 Å². The van der Waals surface area contributed by atoms with Gasteiger partial charge in [0.15, 0.2) is 11.5 Å². The zero-order valence-electron chi connectivity index (χ0n) is 14.4. The highest BCUT2D eigenvalue weighted by molar-refractivity contribution is 5.94. The number of hydrogen-bond donors (Lipinski definition) is 0. The third-order valence-corrected chi connectivity index (χ3v) is 3.78. The standard InChI is InChI=1S/C20H23NO3/c1-5-12-24-18-11-10-16(13-19(18)23-4)20(22)21(3)14-17-9-7-6-8-15(17)2/h5-11,13H,1,12,14H2,2-4H3. The summed E-state index contributed by atoms with van der Waals surface area (Å²) in [5.41, 5.74) is 2.86. The number of aryl methyl sites for hydroxylation is 1. The van der Waals surface area contributed by atoms with Crippen LogP contribution in [0.4, 0.5) is 0 Å². The van der Waals surface area contributed by atoms with E-state index in [0.29, 0.717) is 30.2 Å². The summed E-state index contributed by atoms with van der Waals surface area (Å²) in [4.78, 5) is 14.4. The molecule has 0 unspecified atom stereocenters. The Balaban J connectivity index is 2.16. The first-order valence-corrected chi connectivity index (χ1v) is 7.78. The fourth-order valence-corrected chi connectivity index (χ4v) is 2.40. The highest BCUT2D eigenvalue weighted by atomic mass is 16.5. The van der Waals surface area contributed by atoms with Crippen molar-refractivity contribution in [2.75, 3.05) is 20.8 Å². The Morgan fingerprint density at radius 2 is 1.96 bits per heavy atom. The van der Waals surface area contributed by atoms with E-state index < -0.39 is 0 Å². The van der Waals surface area contributed by atoms with E-state index in [2.05, 4.69) is 6.58 Å². The largest absolute Gasteiger partial charge is 0.493 e. The van der Waals surface area contributed by atoms with Gasteiger partial charge in [0.25, 0.3) is 5.91 Å². The third kappa shape index (κ3) is 4.16. The molecule has 0 heterocycles. The molecule has 2 aromatic carbocycles. The molecule has 0 bridgehead atoms. The topological polar surface area (TPSA) is 38.8 Å². The van der Waals surface area contributed by atoms with Gasteiger partial charge in [0.05, 0.1) is 7.11 Å². The van der Waals surface area contributed by atoms with Crippen LogP contribution in [-0.4, -0.2) is 31.6 Å². The van der Waals surface area contributed by atoms with E-state index in [9.17, 15) is 4.79 Å². The van der Waals surface area contributed by atoms with E-state index in [1.54, 1.807) is 43.3 Å². The van der Waals surface area contributed by atoms with Crippen molar-refractivity contribution in [2.45, 2.75) is 13.5 Å². The molecule has 4 heteroatoms. The van der Waals surface area contributed by atoms with Gasteiger partial charge in [0.2, 0.25) is 0 Å². The van der Waals surface area contributed by atoms with Gasteiger partial charge < -0.3 is 14.4 Å². The second kappa shape index (κ2) is 8.20. The van der Waals surface area contributed by atoms with Crippen molar-refractivity contribution in [3.63, 3.8) is 0 Å². The molecule has 0 saturated carbocycles. The number of ether oxygens (including phenoxy) is 2. The summed E-state index contributed by atoms with van der Waals surface area (Å²) in [7, 11) is 3.35. The highest BCUT2D eigenvalue weighted by Crippen LogP contribution is 2.28. The minimum Gasteiger partial charge on any atom is -0.493 e. The summed E-state index contributed by atoms with van der Waals surface area (Å²) >= 11 is 0. The first-order valence-electron chi connectivity index (χ1n) is 7.78. The normalized spacial score (nSPS) is 10.1. The molecule has 2 rings (SSSR count). The van der Waals surface area contributed by atoms with Gasteiger partial charge in [0.1, 0.15) is 6.61 Å². The lowest BCUT2D eigenvalue weighted by Gasteiger charge is -2.19. The average Bonchev–Trinajstić information content (AvgIpc) is 2.61. The Hall–Kier alpha value is -2.75. The Kier molecular flexibility index (Phi) is 6.01. The third-order valence-electron chi connectivity index (χ3n) is 3.78. The van der Waals surface area contributed by atoms with Gasteiger partial charge in [0, 0.05) is 19.2 Å². The molecule has 0 saturated heterocycles. The van der Waals surface area contributed by atoms with Crippen LogP contribution in [-0.2, 0) is 6.54 Å². The van der Waals surface area contributed by atoms with E-state index in [-0.39, 0.29) is 5.91 Å². The summed E-state index contributed by atoms with van der Waals surface area (Å²) in [5.74, 6) is 1.06. The van der Waals surface area contributed by atoms with Gasteiger partial charge in [-0.3, -0.25) is 4.79 Å². The molecular weight excluding hydrogens is 302 g/mol. The number of methoxy groups -OCH3 is 1. The van der Waals surface area contributed by atoms with Crippen LogP contribution in [0.3, 0.4) is 0 Å². The fraction of sp³-hybridized carbons (Fsp3) is 0.250. The summed E-state index contributed by atoms with van der Waals surface area (Å²) in [6.45, 7) is 6.61. The van der Waals surface area contributed by atoms with Gasteiger partial charge >= 0.3 is 0 Å². The van der Waals surface area contributed by atoms with Crippen LogP contribution in [0, 0.1) is 6.92 Å². The van der Waals surface area contributed by atoms with Crippen LogP contribution >= 0.6 is 0 Å². The Bertz CT molecular complexity index is 725. The Morgan fingerprint density at radius 1 is 1.21 bits per heavy atom. The van der Waals surface area contributed by atoms with E-state index in [1.165, 1.54) is 5.56 Å². The first kappa shape index (κ1) is 17.6. The number of hydrogen-bond acceptors (Lipinski definition) is 3. The van der Waals surface area contributed by atoms with E-state index in [0.717, 1.165) is 5.56 Å². The summed E-state index contributed by atoms with van der Waals surface area (Å²) in [5, 5.41) is 0. The van der Waals surface area contributed by atoms with E-state index in [4.69, 9.17) is 9.47 Å². The molecular formula is C20H23NO3. The van der Waals surface area contributed by atoms with Crippen LogP contribution in [0.25, 0.3) is 0 Å². The van der Waals surface area contributed by atoms with Gasteiger partial charge in [-0.15, -0.1) is 0 Å². The second-order valence-corrected chi connectivity index (χ2v) is 5.55. The molecule has 0 aliphatic rings. The van der Waals surface area contributed by atoms with Gasteiger partial charge in [-0.05, 0) is 36.2 Å². The SMILES string of the molecule is C=CCOc1ccc(C(=O)N(C)Cc2ccccc2C)cc1OC. The Labute approximate surface area is 143 Å². The molecule has 0 atom stereocenters. The van der Waals surface area contributed by atoms with Crippen molar-refractivity contribution in [3.8, 4) is 11.5 Å². The maximum Gasteiger partial charge on any atom is 0.254 e. The van der Waals surface area contributed by atoms with Crippen molar-refractivity contribution >= 4 is 5.91 Å². The molecule has 0 N–H and O–H groups in total. The molecule has 0 radical (unpaired) electrons. The van der Waals surface area contributed by atoms with Crippen LogP contribution in [0.1, 0.15) is 21.5 Å². The molecule has 24 heavy (non-hydrogen) atoms. The highest BCUT2D eigenvalue weighted by Gasteiger charge is 2.15. The maximum atomic E-state index is 12.7. The molecule has 0 fully saturated rings. The zero-order valence-corrected chi connectivity index (χ0v) is 14.4. The quantitative estimate of drug-likeness (QED) is 0.726. The zero-order chi connectivity index (χ0) is 17.5. The molecule has 2 aromatic rings. The molecule has 0 aliphatic heterocycles. The molecule has 0 spiro atoms. The van der Waals surface area contributed by atoms with Gasteiger partial charge in [-0.1, -0.05) is 36.9 Å². The lowest BCUT2D eigenvalue weighted by molar-refractivity contribution is 0.0784. The van der Waals surface area contributed by atoms with Crippen molar-refractivity contribution in [3.05, 3.63) is 71.8 Å². The van der Waals surface area contributed by atoms with Crippen LogP contribution < -0.4 is 9.47 Å². The molecule has 1 amide bonds. The van der Waals surface area contributed by atoms with Gasteiger partial charge in [-0.2, -0.15) is 0 Å². The van der Waals surface area contributed by atoms with Gasteiger partial charge in [-0.25, -0.2) is 0 Å². The van der Waals surface area contributed by atoms with Crippen LogP contribution in [0.2, 0.25) is 0 Å². The van der Waals surface area contributed by atoms with E-state index >= 15 is 0 Å². The van der Waals surface area contributed by atoms with Crippen molar-refractivity contribution in [1.29, 1.82) is 0 Å². The minimum absolute atomic E-state index is 0.0631. The molecule has 4 nitrogen and oxygen atoms in total. The van der Waals surface area contributed by atoms with Crippen LogP contribution in [0.15, 0.2) is 55.1 Å². The van der Waals surface area contributed by atoms with Crippen LogP contribution in [0.5, 0.6) is 11.5 Å². The number of amides is 1. The number of carbonyl (C=O) groups is 1. The number of rotatable bonds is 7. The Morgan fingerprint density at radius 3 is 2.62 bits per heavy atom. The summed E-state index contributed by atoms with van der Waals surface area (Å²) in [6.07, 6.45) is 1.66. The van der Waals surface area contributed by atoms with Crippen molar-refractivity contribution in [1.82, 2.24) is 4.90 Å². The van der Waals surface area contributed by atoms with E-state index in [1.807, 2.05) is 31.2 Å². The first-order chi connectivity index (χ1) is 11.6. The minimum atomic E-state index is -0.0631. The molecule has 0 aliphatic carbocycles. The number of carbonyl (C=O) groups excluding carboxylic acids is 1. The van der Waals surface area contributed by atoms with Crippen molar-refractivity contribution in [2.24, 2.45) is 0 Å². The predicted molar refractivity (Wildman–Crippen MR) is 95.7 cm³/mol. The number of nitrogens with zero attached hydrogens (tertiary/aromatic N) is 1. The smallest absolute Gasteiger partial charge is 0.254 e. The summed E-state index contributed by atoms with van der Waals surface area (Å²) in [6, 6.07) is 13.3. The molecule has 126 valence electrons. The fourth-order valence-electron chi connectivity index (χ4n) is 2.40. The average molecular weight is 325 g/mol. The molecule has 0 aromatic heterocycles. The number of benzene rings is 2. The monoisotopic (exact) mass is 325 g/mol. The predicted octanol–water partition coefficient (Wildman–Crippen LogP) is 3.84. The second-order valence-electron chi connectivity index (χ2n) is 5.55. The lowest BCUT2D eigenvalue weighted by Crippen LogP contribution is -2.26. The maximum absolute atomic E-state index is 12.7. The lowest BCUT2D eigenvalue weighted by atomic mass is 10.1.